The molecule has 1 atom stereocenters. The Hall–Kier alpha value is -2.05. The Balaban J connectivity index is 1.71. The van der Waals surface area contributed by atoms with Gasteiger partial charge in [-0.25, -0.2) is 13.1 Å². The van der Waals surface area contributed by atoms with E-state index in [1.54, 1.807) is 31.2 Å². The molecule has 0 spiro atoms. The van der Waals surface area contributed by atoms with E-state index in [-0.39, 0.29) is 18.6 Å². The van der Waals surface area contributed by atoms with Crippen LogP contribution in [-0.4, -0.2) is 15.2 Å². The fourth-order valence-electron chi connectivity index (χ4n) is 2.36. The van der Waals surface area contributed by atoms with E-state index in [0.29, 0.717) is 11.5 Å². The molecule has 5 nitrogen and oxygen atoms in total. The summed E-state index contributed by atoms with van der Waals surface area (Å²) >= 11 is 0. The van der Waals surface area contributed by atoms with E-state index in [9.17, 15) is 8.42 Å². The Morgan fingerprint density at radius 1 is 1.09 bits per heavy atom. The van der Waals surface area contributed by atoms with Crippen molar-refractivity contribution < 1.29 is 17.9 Å². The summed E-state index contributed by atoms with van der Waals surface area (Å²) in [5, 5.41) is 0. The van der Waals surface area contributed by atoms with Crippen LogP contribution in [0.5, 0.6) is 11.5 Å². The minimum absolute atomic E-state index is 0.0390. The predicted octanol–water partition coefficient (Wildman–Crippen LogP) is 2.60. The van der Waals surface area contributed by atoms with Crippen LogP contribution in [0.2, 0.25) is 0 Å². The van der Waals surface area contributed by atoms with Gasteiger partial charge in [0.1, 0.15) is 0 Å². The molecule has 22 heavy (non-hydrogen) atoms. The molecular weight excluding hydrogens is 302 g/mol. The third-order valence-electron chi connectivity index (χ3n) is 3.45. The number of fused-ring (bicyclic) bond motifs is 1. The van der Waals surface area contributed by atoms with Gasteiger partial charge in [0.05, 0.1) is 5.75 Å². The monoisotopic (exact) mass is 319 g/mol. The van der Waals surface area contributed by atoms with Crippen LogP contribution >= 0.6 is 0 Å². The molecule has 0 aliphatic carbocycles. The van der Waals surface area contributed by atoms with Gasteiger partial charge in [-0.2, -0.15) is 0 Å². The summed E-state index contributed by atoms with van der Waals surface area (Å²) in [5.41, 5.74) is 1.59. The molecular formula is C16H17NO4S. The molecule has 0 aromatic heterocycles. The molecule has 0 saturated heterocycles. The first kappa shape index (κ1) is 14.9. The second kappa shape index (κ2) is 5.98. The van der Waals surface area contributed by atoms with Crippen LogP contribution in [0.25, 0.3) is 0 Å². The molecule has 1 aliphatic rings. The summed E-state index contributed by atoms with van der Waals surface area (Å²) in [5.74, 6) is 1.29. The van der Waals surface area contributed by atoms with Crippen LogP contribution in [-0.2, 0) is 15.8 Å². The molecule has 116 valence electrons. The Bertz CT molecular complexity index is 759. The van der Waals surface area contributed by atoms with Gasteiger partial charge in [-0.05, 0) is 30.2 Å². The van der Waals surface area contributed by atoms with Crippen LogP contribution in [0.4, 0.5) is 0 Å². The first-order valence-corrected chi connectivity index (χ1v) is 8.62. The molecule has 1 unspecified atom stereocenters. The lowest BCUT2D eigenvalue weighted by Gasteiger charge is -2.15. The summed E-state index contributed by atoms with van der Waals surface area (Å²) < 4.78 is 37.8. The molecule has 1 aliphatic heterocycles. The zero-order chi connectivity index (χ0) is 15.6. The Kier molecular flexibility index (Phi) is 4.04. The largest absolute Gasteiger partial charge is 0.454 e. The highest BCUT2D eigenvalue weighted by molar-refractivity contribution is 7.88. The highest BCUT2D eigenvalue weighted by Gasteiger charge is 2.19. The summed E-state index contributed by atoms with van der Waals surface area (Å²) in [6, 6.07) is 14.2. The maximum Gasteiger partial charge on any atom is 0.231 e. The summed E-state index contributed by atoms with van der Waals surface area (Å²) in [6.45, 7) is 2.01. The normalized spacial score (nSPS) is 14.8. The van der Waals surface area contributed by atoms with Crippen molar-refractivity contribution in [2.45, 2.75) is 18.7 Å². The minimum Gasteiger partial charge on any atom is -0.454 e. The molecule has 2 aromatic rings. The lowest BCUT2D eigenvalue weighted by atomic mass is 10.1. The van der Waals surface area contributed by atoms with Gasteiger partial charge in [-0.3, -0.25) is 0 Å². The van der Waals surface area contributed by atoms with Gasteiger partial charge in [0, 0.05) is 6.04 Å². The fraction of sp³-hybridized carbons (Fsp3) is 0.250. The summed E-state index contributed by atoms with van der Waals surface area (Å²) in [6.07, 6.45) is 0. The van der Waals surface area contributed by atoms with Crippen molar-refractivity contribution in [3.8, 4) is 11.5 Å². The van der Waals surface area contributed by atoms with E-state index in [4.69, 9.17) is 9.47 Å². The minimum atomic E-state index is -3.42. The molecule has 3 rings (SSSR count). The van der Waals surface area contributed by atoms with Crippen LogP contribution < -0.4 is 14.2 Å². The number of nitrogens with one attached hydrogen (secondary N) is 1. The van der Waals surface area contributed by atoms with Gasteiger partial charge in [-0.1, -0.05) is 36.4 Å². The second-order valence-corrected chi connectivity index (χ2v) is 6.95. The number of ether oxygens (including phenoxy) is 2. The van der Waals surface area contributed by atoms with Crippen molar-refractivity contribution in [2.75, 3.05) is 6.79 Å². The van der Waals surface area contributed by atoms with E-state index in [2.05, 4.69) is 4.72 Å². The Morgan fingerprint density at radius 3 is 2.59 bits per heavy atom. The van der Waals surface area contributed by atoms with E-state index >= 15 is 0 Å². The zero-order valence-corrected chi connectivity index (χ0v) is 13.0. The molecule has 0 saturated carbocycles. The van der Waals surface area contributed by atoms with E-state index in [1.165, 1.54) is 0 Å². The van der Waals surface area contributed by atoms with Crippen LogP contribution in [0.3, 0.4) is 0 Å². The van der Waals surface area contributed by atoms with Gasteiger partial charge >= 0.3 is 0 Å². The van der Waals surface area contributed by atoms with E-state index < -0.39 is 10.0 Å². The summed E-state index contributed by atoms with van der Waals surface area (Å²) in [7, 11) is -3.42. The zero-order valence-electron chi connectivity index (χ0n) is 12.2. The second-order valence-electron chi connectivity index (χ2n) is 5.20. The third kappa shape index (κ3) is 3.40. The highest BCUT2D eigenvalue weighted by atomic mass is 32.2. The molecule has 1 N–H and O–H groups in total. The van der Waals surface area contributed by atoms with Gasteiger partial charge in [0.2, 0.25) is 16.8 Å². The lowest BCUT2D eigenvalue weighted by Crippen LogP contribution is -2.28. The first-order chi connectivity index (χ1) is 10.5. The summed E-state index contributed by atoms with van der Waals surface area (Å²) in [4.78, 5) is 0. The molecule has 6 heteroatoms. The highest BCUT2D eigenvalue weighted by Crippen LogP contribution is 2.34. The van der Waals surface area contributed by atoms with Crippen LogP contribution in [0.1, 0.15) is 24.1 Å². The van der Waals surface area contributed by atoms with Gasteiger partial charge in [-0.15, -0.1) is 0 Å². The van der Waals surface area contributed by atoms with Gasteiger partial charge < -0.3 is 9.47 Å². The standard InChI is InChI=1S/C16H17NO4S/c1-12(14-7-8-15-16(9-14)21-11-20-15)17-22(18,19)10-13-5-3-2-4-6-13/h2-9,12,17H,10-11H2,1H3. The average molecular weight is 319 g/mol. The van der Waals surface area contributed by atoms with Crippen molar-refractivity contribution in [3.05, 3.63) is 59.7 Å². The van der Waals surface area contributed by atoms with Crippen LogP contribution in [0, 0.1) is 0 Å². The maximum atomic E-state index is 12.3. The molecule has 2 aromatic carbocycles. The Morgan fingerprint density at radius 2 is 1.82 bits per heavy atom. The van der Waals surface area contributed by atoms with Crippen molar-refractivity contribution in [2.24, 2.45) is 0 Å². The third-order valence-corrected chi connectivity index (χ3v) is 4.88. The quantitative estimate of drug-likeness (QED) is 0.920. The number of rotatable bonds is 5. The topological polar surface area (TPSA) is 64.6 Å². The van der Waals surface area contributed by atoms with E-state index in [1.807, 2.05) is 24.3 Å². The maximum absolute atomic E-state index is 12.3. The first-order valence-electron chi connectivity index (χ1n) is 6.97. The molecule has 1 heterocycles. The van der Waals surface area contributed by atoms with Gasteiger partial charge in [0.15, 0.2) is 11.5 Å². The van der Waals surface area contributed by atoms with Gasteiger partial charge in [0.25, 0.3) is 0 Å². The number of sulfonamides is 1. The molecule has 0 radical (unpaired) electrons. The van der Waals surface area contributed by atoms with Crippen molar-refractivity contribution in [1.29, 1.82) is 0 Å². The number of benzene rings is 2. The fourth-order valence-corrected chi connectivity index (χ4v) is 3.74. The van der Waals surface area contributed by atoms with Crippen molar-refractivity contribution in [1.82, 2.24) is 4.72 Å². The smallest absolute Gasteiger partial charge is 0.231 e. The van der Waals surface area contributed by atoms with Crippen molar-refractivity contribution >= 4 is 10.0 Å². The number of hydrogen-bond acceptors (Lipinski definition) is 4. The Labute approximate surface area is 129 Å². The van der Waals surface area contributed by atoms with E-state index in [0.717, 1.165) is 11.1 Å². The van der Waals surface area contributed by atoms with Crippen molar-refractivity contribution in [3.63, 3.8) is 0 Å². The average Bonchev–Trinajstić information content (AvgIpc) is 2.94. The predicted molar refractivity (Wildman–Crippen MR) is 83.2 cm³/mol. The van der Waals surface area contributed by atoms with Crippen LogP contribution in [0.15, 0.2) is 48.5 Å². The lowest BCUT2D eigenvalue weighted by molar-refractivity contribution is 0.174. The SMILES string of the molecule is CC(NS(=O)(=O)Cc1ccccc1)c1ccc2c(c1)OCO2. The molecule has 0 bridgehead atoms. The molecule has 0 fully saturated rings. The molecule has 0 amide bonds. The number of hydrogen-bond donors (Lipinski definition) is 1.